The summed E-state index contributed by atoms with van der Waals surface area (Å²) in [5.41, 5.74) is 3.75. The molecule has 0 aromatic heterocycles. The fourth-order valence-corrected chi connectivity index (χ4v) is 3.74. The van der Waals surface area contributed by atoms with Crippen molar-refractivity contribution < 1.29 is 9.59 Å². The summed E-state index contributed by atoms with van der Waals surface area (Å²) in [6.45, 7) is 4.58. The third kappa shape index (κ3) is 3.47. The van der Waals surface area contributed by atoms with E-state index in [1.54, 1.807) is 4.90 Å². The molecule has 0 spiro atoms. The van der Waals surface area contributed by atoms with Crippen LogP contribution in [0.2, 0.25) is 0 Å². The molecule has 0 saturated carbocycles. The second-order valence-electron chi connectivity index (χ2n) is 6.23. The second kappa shape index (κ2) is 7.40. The molecule has 2 amide bonds. The summed E-state index contributed by atoms with van der Waals surface area (Å²) in [6.07, 6.45) is 1.36. The van der Waals surface area contributed by atoms with Gasteiger partial charge in [-0.1, -0.05) is 37.3 Å². The SMILES string of the molecule is CCc1cccc(C)c1NC(=O)C1CCN(c2ccccc2Br)C1=O. The maximum atomic E-state index is 12.8. The molecule has 1 atom stereocenters. The largest absolute Gasteiger partial charge is 0.325 e. The van der Waals surface area contributed by atoms with Gasteiger partial charge in [0.1, 0.15) is 5.92 Å². The third-order valence-corrected chi connectivity index (χ3v) is 5.32. The van der Waals surface area contributed by atoms with Crippen molar-refractivity contribution in [2.75, 3.05) is 16.8 Å². The van der Waals surface area contributed by atoms with Crippen LogP contribution in [0.15, 0.2) is 46.9 Å². The van der Waals surface area contributed by atoms with E-state index in [0.29, 0.717) is 13.0 Å². The lowest BCUT2D eigenvalue weighted by Crippen LogP contribution is -2.33. The number of nitrogens with one attached hydrogen (secondary N) is 1. The molecule has 0 bridgehead atoms. The molecule has 1 heterocycles. The molecule has 0 radical (unpaired) electrons. The Morgan fingerprint density at radius 1 is 1.24 bits per heavy atom. The molecule has 130 valence electrons. The molecule has 5 heteroatoms. The molecule has 1 aliphatic heterocycles. The third-order valence-electron chi connectivity index (χ3n) is 4.65. The Morgan fingerprint density at radius 2 is 2.00 bits per heavy atom. The van der Waals surface area contributed by atoms with Crippen LogP contribution in [0, 0.1) is 12.8 Å². The number of anilines is 2. The lowest BCUT2D eigenvalue weighted by molar-refractivity contribution is -0.129. The first-order chi connectivity index (χ1) is 12.0. The molecule has 25 heavy (non-hydrogen) atoms. The molecule has 3 rings (SSSR count). The van der Waals surface area contributed by atoms with Gasteiger partial charge in [0.15, 0.2) is 0 Å². The molecule has 2 aromatic rings. The zero-order valence-electron chi connectivity index (χ0n) is 14.4. The van der Waals surface area contributed by atoms with Crippen LogP contribution in [0.4, 0.5) is 11.4 Å². The number of hydrogen-bond donors (Lipinski definition) is 1. The number of benzene rings is 2. The molecular weight excluding hydrogens is 380 g/mol. The number of halogens is 1. The van der Waals surface area contributed by atoms with Gasteiger partial charge in [-0.25, -0.2) is 0 Å². The fraction of sp³-hybridized carbons (Fsp3) is 0.300. The van der Waals surface area contributed by atoms with Gasteiger partial charge in [0.2, 0.25) is 11.8 Å². The molecule has 4 nitrogen and oxygen atoms in total. The van der Waals surface area contributed by atoms with Crippen LogP contribution in [0.5, 0.6) is 0 Å². The van der Waals surface area contributed by atoms with Crippen molar-refractivity contribution in [1.82, 2.24) is 0 Å². The van der Waals surface area contributed by atoms with Gasteiger partial charge in [0.05, 0.1) is 5.69 Å². The number of hydrogen-bond acceptors (Lipinski definition) is 2. The van der Waals surface area contributed by atoms with E-state index in [1.165, 1.54) is 0 Å². The van der Waals surface area contributed by atoms with Gasteiger partial charge in [-0.3, -0.25) is 9.59 Å². The van der Waals surface area contributed by atoms with Crippen LogP contribution < -0.4 is 10.2 Å². The average Bonchev–Trinajstić information content (AvgIpc) is 2.98. The molecule has 1 fully saturated rings. The number of carbonyl (C=O) groups excluding carboxylic acids is 2. The summed E-state index contributed by atoms with van der Waals surface area (Å²) in [6, 6.07) is 13.5. The van der Waals surface area contributed by atoms with Crippen molar-refractivity contribution in [2.24, 2.45) is 5.92 Å². The summed E-state index contributed by atoms with van der Waals surface area (Å²) in [5, 5.41) is 2.99. The van der Waals surface area contributed by atoms with E-state index in [9.17, 15) is 9.59 Å². The van der Waals surface area contributed by atoms with Gasteiger partial charge in [0.25, 0.3) is 0 Å². The minimum absolute atomic E-state index is 0.143. The van der Waals surface area contributed by atoms with E-state index in [0.717, 1.165) is 33.4 Å². The van der Waals surface area contributed by atoms with Crippen molar-refractivity contribution in [3.63, 3.8) is 0 Å². The highest BCUT2D eigenvalue weighted by Gasteiger charge is 2.38. The maximum Gasteiger partial charge on any atom is 0.239 e. The zero-order valence-corrected chi connectivity index (χ0v) is 16.0. The molecular formula is C20H21BrN2O2. The Balaban J connectivity index is 1.79. The summed E-state index contributed by atoms with van der Waals surface area (Å²) < 4.78 is 0.858. The molecule has 0 aliphatic carbocycles. The Morgan fingerprint density at radius 3 is 2.72 bits per heavy atom. The smallest absolute Gasteiger partial charge is 0.239 e. The summed E-state index contributed by atoms with van der Waals surface area (Å²) >= 11 is 3.48. The van der Waals surface area contributed by atoms with Crippen molar-refractivity contribution >= 4 is 39.1 Å². The quantitative estimate of drug-likeness (QED) is 0.777. The second-order valence-corrected chi connectivity index (χ2v) is 7.09. The predicted octanol–water partition coefficient (Wildman–Crippen LogP) is 4.31. The van der Waals surface area contributed by atoms with Crippen molar-refractivity contribution in [1.29, 1.82) is 0 Å². The summed E-state index contributed by atoms with van der Waals surface area (Å²) in [7, 11) is 0. The first-order valence-corrected chi connectivity index (χ1v) is 9.27. The van der Waals surface area contributed by atoms with Gasteiger partial charge < -0.3 is 10.2 Å². The van der Waals surface area contributed by atoms with E-state index < -0.39 is 5.92 Å². The van der Waals surface area contributed by atoms with E-state index in [1.807, 2.05) is 49.4 Å². The van der Waals surface area contributed by atoms with E-state index in [-0.39, 0.29) is 11.8 Å². The maximum absolute atomic E-state index is 12.8. The van der Waals surface area contributed by atoms with Crippen molar-refractivity contribution in [3.05, 3.63) is 58.1 Å². The van der Waals surface area contributed by atoms with Crippen molar-refractivity contribution in [2.45, 2.75) is 26.7 Å². The van der Waals surface area contributed by atoms with Gasteiger partial charge in [-0.05, 0) is 59.0 Å². The lowest BCUT2D eigenvalue weighted by atomic mass is 10.0. The summed E-state index contributed by atoms with van der Waals surface area (Å²) in [5.74, 6) is -1.00. The van der Waals surface area contributed by atoms with Crippen LogP contribution >= 0.6 is 15.9 Å². The number of nitrogens with zero attached hydrogens (tertiary/aromatic N) is 1. The lowest BCUT2D eigenvalue weighted by Gasteiger charge is -2.19. The fourth-order valence-electron chi connectivity index (χ4n) is 3.25. The standard InChI is InChI=1S/C20H21BrN2O2/c1-3-14-8-6-7-13(2)18(14)22-19(24)15-11-12-23(20(15)25)17-10-5-4-9-16(17)21/h4-10,15H,3,11-12H2,1-2H3,(H,22,24). The number of carbonyl (C=O) groups is 2. The highest BCUT2D eigenvalue weighted by Crippen LogP contribution is 2.32. The highest BCUT2D eigenvalue weighted by atomic mass is 79.9. The highest BCUT2D eigenvalue weighted by molar-refractivity contribution is 9.10. The van der Waals surface area contributed by atoms with Crippen LogP contribution in [-0.4, -0.2) is 18.4 Å². The van der Waals surface area contributed by atoms with E-state index >= 15 is 0 Å². The van der Waals surface area contributed by atoms with Gasteiger partial charge in [-0.15, -0.1) is 0 Å². The Bertz CT molecular complexity index is 819. The number of amides is 2. The van der Waals surface area contributed by atoms with E-state index in [2.05, 4.69) is 28.2 Å². The van der Waals surface area contributed by atoms with Crippen LogP contribution in [0.1, 0.15) is 24.5 Å². The average molecular weight is 401 g/mol. The van der Waals surface area contributed by atoms with Gasteiger partial charge >= 0.3 is 0 Å². The molecule has 1 saturated heterocycles. The van der Waals surface area contributed by atoms with Gasteiger partial charge in [-0.2, -0.15) is 0 Å². The first kappa shape index (κ1) is 17.7. The minimum Gasteiger partial charge on any atom is -0.325 e. The number of para-hydroxylation sites is 2. The normalized spacial score (nSPS) is 17.0. The predicted molar refractivity (Wildman–Crippen MR) is 104 cm³/mol. The van der Waals surface area contributed by atoms with Crippen LogP contribution in [0.3, 0.4) is 0 Å². The number of rotatable bonds is 4. The molecule has 1 aliphatic rings. The van der Waals surface area contributed by atoms with Crippen molar-refractivity contribution in [3.8, 4) is 0 Å². The van der Waals surface area contributed by atoms with Gasteiger partial charge in [0, 0.05) is 16.7 Å². The van der Waals surface area contributed by atoms with E-state index in [4.69, 9.17) is 0 Å². The zero-order chi connectivity index (χ0) is 18.0. The molecule has 1 unspecified atom stereocenters. The monoisotopic (exact) mass is 400 g/mol. The topological polar surface area (TPSA) is 49.4 Å². The first-order valence-electron chi connectivity index (χ1n) is 8.48. The molecule has 1 N–H and O–H groups in total. The summed E-state index contributed by atoms with van der Waals surface area (Å²) in [4.78, 5) is 27.2. The Hall–Kier alpha value is -2.14. The minimum atomic E-state index is -0.642. The Kier molecular flexibility index (Phi) is 5.23. The van der Waals surface area contributed by atoms with Crippen LogP contribution in [0.25, 0.3) is 0 Å². The molecule has 2 aromatic carbocycles. The van der Waals surface area contributed by atoms with Crippen LogP contribution in [-0.2, 0) is 16.0 Å². The Labute approximate surface area is 156 Å². The number of aryl methyl sites for hydroxylation is 2.